The number of furan rings is 1. The van der Waals surface area contributed by atoms with Crippen LogP contribution in [0.2, 0.25) is 0 Å². The number of aliphatic hydroxyl groups is 1. The van der Waals surface area contributed by atoms with Crippen molar-refractivity contribution in [3.05, 3.63) is 84.1 Å². The fourth-order valence-electron chi connectivity index (χ4n) is 3.24. The Morgan fingerprint density at radius 2 is 1.84 bits per heavy atom. The number of carbonyl (C=O) groups is 1. The van der Waals surface area contributed by atoms with Gasteiger partial charge in [0.1, 0.15) is 23.9 Å². The molecule has 156 valence electrons. The monoisotopic (exact) mass is 432 g/mol. The summed E-state index contributed by atoms with van der Waals surface area (Å²) >= 11 is 5.34. The molecule has 4 rings (SSSR count). The Hall–Kier alpha value is -3.68. The lowest BCUT2D eigenvalue weighted by molar-refractivity contribution is 0.0978. The van der Waals surface area contributed by atoms with Crippen LogP contribution in [0, 0.1) is 0 Å². The fourth-order valence-corrected chi connectivity index (χ4v) is 3.44. The summed E-state index contributed by atoms with van der Waals surface area (Å²) in [6, 6.07) is 22.2. The number of hydrogen-bond acceptors (Lipinski definition) is 5. The van der Waals surface area contributed by atoms with E-state index >= 15 is 0 Å². The molecule has 31 heavy (non-hydrogen) atoms. The van der Waals surface area contributed by atoms with Crippen LogP contribution in [-0.4, -0.2) is 23.2 Å². The van der Waals surface area contributed by atoms with Gasteiger partial charge in [0, 0.05) is 11.1 Å². The minimum absolute atomic E-state index is 0.143. The predicted octanol–water partition coefficient (Wildman–Crippen LogP) is 4.73. The maximum Gasteiger partial charge on any atom is 0.257 e. The number of rotatable bonds is 5. The third kappa shape index (κ3) is 4.58. The van der Waals surface area contributed by atoms with Gasteiger partial charge in [-0.15, -0.1) is 0 Å². The van der Waals surface area contributed by atoms with E-state index in [1.54, 1.807) is 37.4 Å². The predicted molar refractivity (Wildman–Crippen MR) is 124 cm³/mol. The van der Waals surface area contributed by atoms with Gasteiger partial charge >= 0.3 is 0 Å². The SMILES string of the molecule is COc1ccc(-c2ccc(CO)o2)cc1NC(=S)NC(=O)c1ccc2ccccc2c1. The van der Waals surface area contributed by atoms with Crippen LogP contribution in [0.15, 0.2) is 77.2 Å². The number of amides is 1. The highest BCUT2D eigenvalue weighted by Gasteiger charge is 2.13. The van der Waals surface area contributed by atoms with E-state index in [-0.39, 0.29) is 17.6 Å². The topological polar surface area (TPSA) is 83.7 Å². The number of fused-ring (bicyclic) bond motifs is 1. The van der Waals surface area contributed by atoms with Crippen molar-refractivity contribution in [2.24, 2.45) is 0 Å². The zero-order valence-corrected chi connectivity index (χ0v) is 17.5. The molecule has 7 heteroatoms. The van der Waals surface area contributed by atoms with E-state index in [1.807, 2.05) is 42.5 Å². The quantitative estimate of drug-likeness (QED) is 0.396. The largest absolute Gasteiger partial charge is 0.495 e. The minimum atomic E-state index is -0.308. The third-order valence-electron chi connectivity index (χ3n) is 4.79. The van der Waals surface area contributed by atoms with Crippen LogP contribution in [0.1, 0.15) is 16.1 Å². The molecule has 0 aliphatic rings. The molecule has 3 N–H and O–H groups in total. The summed E-state index contributed by atoms with van der Waals surface area (Å²) in [4.78, 5) is 12.7. The van der Waals surface area contributed by atoms with E-state index in [0.717, 1.165) is 16.3 Å². The molecule has 1 heterocycles. The van der Waals surface area contributed by atoms with Crippen molar-refractivity contribution in [1.82, 2.24) is 5.32 Å². The van der Waals surface area contributed by atoms with Crippen molar-refractivity contribution in [3.63, 3.8) is 0 Å². The first kappa shape index (κ1) is 20.6. The second-order valence-electron chi connectivity index (χ2n) is 6.81. The Kier molecular flexibility index (Phi) is 5.97. The standard InChI is InChI=1S/C24H20N2O4S/c1-29-22-10-8-17(21-11-9-19(14-27)30-21)13-20(22)25-24(31)26-23(28)18-7-6-15-4-2-3-5-16(15)12-18/h2-13,27H,14H2,1H3,(H2,25,26,28,31). The highest BCUT2D eigenvalue weighted by Crippen LogP contribution is 2.31. The number of hydrogen-bond donors (Lipinski definition) is 3. The highest BCUT2D eigenvalue weighted by molar-refractivity contribution is 7.80. The van der Waals surface area contributed by atoms with Gasteiger partial charge < -0.3 is 19.6 Å². The van der Waals surface area contributed by atoms with Gasteiger partial charge in [-0.3, -0.25) is 10.1 Å². The second kappa shape index (κ2) is 8.99. The number of benzene rings is 3. The van der Waals surface area contributed by atoms with E-state index in [0.29, 0.717) is 28.5 Å². The van der Waals surface area contributed by atoms with Gasteiger partial charge in [0.05, 0.1) is 12.8 Å². The lowest BCUT2D eigenvalue weighted by Crippen LogP contribution is -2.34. The molecule has 0 saturated carbocycles. The van der Waals surface area contributed by atoms with Crippen LogP contribution in [0.3, 0.4) is 0 Å². The van der Waals surface area contributed by atoms with Crippen molar-refractivity contribution in [1.29, 1.82) is 0 Å². The zero-order valence-electron chi connectivity index (χ0n) is 16.7. The van der Waals surface area contributed by atoms with Crippen LogP contribution in [-0.2, 0) is 6.61 Å². The van der Waals surface area contributed by atoms with Gasteiger partial charge in [-0.05, 0) is 65.5 Å². The number of methoxy groups -OCH3 is 1. The molecule has 6 nitrogen and oxygen atoms in total. The van der Waals surface area contributed by atoms with E-state index < -0.39 is 0 Å². The number of nitrogens with one attached hydrogen (secondary N) is 2. The summed E-state index contributed by atoms with van der Waals surface area (Å²) in [5.41, 5.74) is 1.85. The Morgan fingerprint density at radius 3 is 2.58 bits per heavy atom. The number of anilines is 1. The average molecular weight is 433 g/mol. The van der Waals surface area contributed by atoms with Gasteiger partial charge in [-0.25, -0.2) is 0 Å². The maximum atomic E-state index is 12.7. The summed E-state index contributed by atoms with van der Waals surface area (Å²) in [6.45, 7) is -0.174. The molecule has 0 saturated heterocycles. The Morgan fingerprint density at radius 1 is 1.03 bits per heavy atom. The molecule has 1 aromatic heterocycles. The maximum absolute atomic E-state index is 12.7. The summed E-state index contributed by atoms with van der Waals surface area (Å²) in [5.74, 6) is 1.32. The van der Waals surface area contributed by atoms with Crippen molar-refractivity contribution >= 4 is 39.7 Å². The van der Waals surface area contributed by atoms with E-state index in [4.69, 9.17) is 21.4 Å². The number of ether oxygens (including phenoxy) is 1. The molecule has 3 aromatic carbocycles. The average Bonchev–Trinajstić information content (AvgIpc) is 3.28. The van der Waals surface area contributed by atoms with Crippen molar-refractivity contribution in [2.45, 2.75) is 6.61 Å². The molecule has 0 radical (unpaired) electrons. The van der Waals surface area contributed by atoms with Crippen LogP contribution in [0.25, 0.3) is 22.1 Å². The van der Waals surface area contributed by atoms with Crippen LogP contribution < -0.4 is 15.4 Å². The van der Waals surface area contributed by atoms with Crippen molar-refractivity contribution in [3.8, 4) is 17.1 Å². The second-order valence-corrected chi connectivity index (χ2v) is 7.22. The Bertz CT molecular complexity index is 1270. The Balaban J connectivity index is 1.51. The van der Waals surface area contributed by atoms with Gasteiger partial charge in [-0.2, -0.15) is 0 Å². The van der Waals surface area contributed by atoms with Crippen molar-refractivity contribution < 1.29 is 19.1 Å². The summed E-state index contributed by atoms with van der Waals surface area (Å²) < 4.78 is 11.0. The molecule has 0 aliphatic heterocycles. The highest BCUT2D eigenvalue weighted by atomic mass is 32.1. The molecule has 0 atom stereocenters. The molecular weight excluding hydrogens is 412 g/mol. The van der Waals surface area contributed by atoms with E-state index in [2.05, 4.69) is 10.6 Å². The first-order valence-corrected chi connectivity index (χ1v) is 9.97. The first-order valence-electron chi connectivity index (χ1n) is 9.56. The molecule has 4 aromatic rings. The lowest BCUT2D eigenvalue weighted by atomic mass is 10.1. The molecule has 0 aliphatic carbocycles. The van der Waals surface area contributed by atoms with Gasteiger partial charge in [-0.1, -0.05) is 30.3 Å². The minimum Gasteiger partial charge on any atom is -0.495 e. The molecule has 1 amide bonds. The van der Waals surface area contributed by atoms with Crippen LogP contribution >= 0.6 is 12.2 Å². The van der Waals surface area contributed by atoms with Gasteiger partial charge in [0.25, 0.3) is 5.91 Å². The molecule has 0 unspecified atom stereocenters. The summed E-state index contributed by atoms with van der Waals surface area (Å²) in [7, 11) is 1.55. The third-order valence-corrected chi connectivity index (χ3v) is 4.99. The number of aliphatic hydroxyl groups excluding tert-OH is 1. The van der Waals surface area contributed by atoms with Crippen molar-refractivity contribution in [2.75, 3.05) is 12.4 Å². The summed E-state index contributed by atoms with van der Waals surface area (Å²) in [5, 5.41) is 17.1. The van der Waals surface area contributed by atoms with Crippen LogP contribution in [0.5, 0.6) is 5.75 Å². The zero-order chi connectivity index (χ0) is 21.8. The lowest BCUT2D eigenvalue weighted by Gasteiger charge is -2.14. The van der Waals surface area contributed by atoms with Crippen LogP contribution in [0.4, 0.5) is 5.69 Å². The summed E-state index contributed by atoms with van der Waals surface area (Å²) in [6.07, 6.45) is 0. The van der Waals surface area contributed by atoms with Gasteiger partial charge in [0.15, 0.2) is 5.11 Å². The first-order chi connectivity index (χ1) is 15.1. The van der Waals surface area contributed by atoms with Gasteiger partial charge in [0.2, 0.25) is 0 Å². The van der Waals surface area contributed by atoms with E-state index in [1.165, 1.54) is 0 Å². The molecule has 0 spiro atoms. The normalized spacial score (nSPS) is 10.6. The molecular formula is C24H20N2O4S. The number of carbonyl (C=O) groups excluding carboxylic acids is 1. The molecule has 0 fully saturated rings. The fraction of sp³-hybridized carbons (Fsp3) is 0.0833. The van der Waals surface area contributed by atoms with E-state index in [9.17, 15) is 9.90 Å². The Labute approximate surface area is 184 Å². The number of thiocarbonyl (C=S) groups is 1. The molecule has 0 bridgehead atoms. The smallest absolute Gasteiger partial charge is 0.257 e.